The molecule has 2 aliphatic rings. The van der Waals surface area contributed by atoms with Gasteiger partial charge in [-0.3, -0.25) is 0 Å². The Balaban J connectivity index is 1.84. The first-order valence-corrected chi connectivity index (χ1v) is 9.47. The molecule has 6 heteroatoms. The normalized spacial score (nSPS) is 19.9. The number of hydrogen-bond acceptors (Lipinski definition) is 3. The van der Waals surface area contributed by atoms with Crippen molar-refractivity contribution in [2.75, 3.05) is 13.1 Å². The summed E-state index contributed by atoms with van der Waals surface area (Å²) in [6, 6.07) is 6.19. The molecule has 0 aromatic heterocycles. The minimum atomic E-state index is -3.43. The minimum absolute atomic E-state index is 0.368. The summed E-state index contributed by atoms with van der Waals surface area (Å²) in [6.45, 7) is 1.73. The van der Waals surface area contributed by atoms with Crippen LogP contribution in [0.3, 0.4) is 0 Å². The third kappa shape index (κ3) is 3.56. The first-order chi connectivity index (χ1) is 10.1. The molecular formula is C15H19BrN2O2S. The van der Waals surface area contributed by atoms with Crippen LogP contribution < -0.4 is 5.32 Å². The molecular weight excluding hydrogens is 352 g/mol. The van der Waals surface area contributed by atoms with Crippen molar-refractivity contribution in [2.24, 2.45) is 0 Å². The number of benzene rings is 1. The number of hydrogen-bond donors (Lipinski definition) is 1. The lowest BCUT2D eigenvalue weighted by molar-refractivity contribution is 0.437. The van der Waals surface area contributed by atoms with Gasteiger partial charge in [0.05, 0.1) is 4.90 Å². The lowest BCUT2D eigenvalue weighted by Gasteiger charge is -2.23. The Morgan fingerprint density at radius 2 is 2.10 bits per heavy atom. The van der Waals surface area contributed by atoms with Gasteiger partial charge in [-0.05, 0) is 52.9 Å². The zero-order valence-electron chi connectivity index (χ0n) is 11.8. The first-order valence-electron chi connectivity index (χ1n) is 7.24. The van der Waals surface area contributed by atoms with Crippen LogP contribution in [0, 0.1) is 0 Å². The SMILES string of the molecule is O=S(=O)(c1cc(CNC2CC2)ccc1Br)N1CC=CCC1. The van der Waals surface area contributed by atoms with Gasteiger partial charge < -0.3 is 5.32 Å². The highest BCUT2D eigenvalue weighted by Crippen LogP contribution is 2.28. The number of nitrogens with zero attached hydrogens (tertiary/aromatic N) is 1. The highest BCUT2D eigenvalue weighted by molar-refractivity contribution is 9.10. The van der Waals surface area contributed by atoms with Crippen LogP contribution in [-0.2, 0) is 16.6 Å². The summed E-state index contributed by atoms with van der Waals surface area (Å²) in [4.78, 5) is 0.368. The fourth-order valence-electron chi connectivity index (χ4n) is 2.38. The Kier molecular flexibility index (Phi) is 4.49. The Labute approximate surface area is 134 Å². The van der Waals surface area contributed by atoms with Gasteiger partial charge in [-0.25, -0.2) is 8.42 Å². The van der Waals surface area contributed by atoms with Crippen molar-refractivity contribution in [2.45, 2.75) is 36.7 Å². The predicted octanol–water partition coefficient (Wildman–Crippen LogP) is 2.65. The Bertz CT molecular complexity index is 654. The molecule has 1 aliphatic heterocycles. The summed E-state index contributed by atoms with van der Waals surface area (Å²) in [7, 11) is -3.43. The van der Waals surface area contributed by atoms with Gasteiger partial charge in [0.1, 0.15) is 0 Å². The molecule has 0 bridgehead atoms. The Morgan fingerprint density at radius 1 is 1.29 bits per heavy atom. The Morgan fingerprint density at radius 3 is 2.76 bits per heavy atom. The summed E-state index contributed by atoms with van der Waals surface area (Å²) in [5, 5.41) is 3.42. The minimum Gasteiger partial charge on any atom is -0.310 e. The lowest BCUT2D eigenvalue weighted by atomic mass is 10.2. The second-order valence-electron chi connectivity index (χ2n) is 5.54. The molecule has 1 aromatic carbocycles. The van der Waals surface area contributed by atoms with Crippen molar-refractivity contribution >= 4 is 26.0 Å². The second-order valence-corrected chi connectivity index (χ2v) is 8.30. The van der Waals surface area contributed by atoms with E-state index in [2.05, 4.69) is 21.2 Å². The summed E-state index contributed by atoms with van der Waals surface area (Å²) in [5.41, 5.74) is 1.01. The third-order valence-electron chi connectivity index (χ3n) is 3.81. The topological polar surface area (TPSA) is 49.4 Å². The first kappa shape index (κ1) is 15.2. The highest BCUT2D eigenvalue weighted by atomic mass is 79.9. The van der Waals surface area contributed by atoms with Crippen molar-refractivity contribution in [1.29, 1.82) is 0 Å². The summed E-state index contributed by atoms with van der Waals surface area (Å²) in [5.74, 6) is 0. The molecule has 0 saturated heterocycles. The molecule has 0 amide bonds. The highest BCUT2D eigenvalue weighted by Gasteiger charge is 2.27. The molecule has 1 aromatic rings. The molecule has 1 heterocycles. The van der Waals surface area contributed by atoms with Crippen LogP contribution in [0.25, 0.3) is 0 Å². The molecule has 21 heavy (non-hydrogen) atoms. The zero-order chi connectivity index (χ0) is 14.9. The third-order valence-corrected chi connectivity index (χ3v) is 6.67. The van der Waals surface area contributed by atoms with Gasteiger partial charge >= 0.3 is 0 Å². The smallest absolute Gasteiger partial charge is 0.244 e. The molecule has 0 unspecified atom stereocenters. The van der Waals surface area contributed by atoms with E-state index in [1.165, 1.54) is 17.1 Å². The van der Waals surface area contributed by atoms with Crippen molar-refractivity contribution in [1.82, 2.24) is 9.62 Å². The molecule has 4 nitrogen and oxygen atoms in total. The van der Waals surface area contributed by atoms with Gasteiger partial charge in [0.25, 0.3) is 0 Å². The van der Waals surface area contributed by atoms with E-state index >= 15 is 0 Å². The average Bonchev–Trinajstić information content (AvgIpc) is 3.31. The number of halogens is 1. The number of rotatable bonds is 5. The summed E-state index contributed by atoms with van der Waals surface area (Å²) in [6.07, 6.45) is 7.16. The summed E-state index contributed by atoms with van der Waals surface area (Å²) >= 11 is 3.38. The average molecular weight is 371 g/mol. The fraction of sp³-hybridized carbons (Fsp3) is 0.467. The molecule has 1 saturated carbocycles. The standard InChI is InChI=1S/C15H19BrN2O2S/c16-14-7-4-12(11-17-13-5-6-13)10-15(14)21(19,20)18-8-2-1-3-9-18/h1-2,4,7,10,13,17H,3,5-6,8-9,11H2. The quantitative estimate of drug-likeness (QED) is 0.810. The lowest BCUT2D eigenvalue weighted by Crippen LogP contribution is -2.34. The number of nitrogens with one attached hydrogen (secondary N) is 1. The summed E-state index contributed by atoms with van der Waals surface area (Å²) < 4.78 is 27.7. The molecule has 114 valence electrons. The second kappa shape index (κ2) is 6.20. The predicted molar refractivity (Wildman–Crippen MR) is 86.5 cm³/mol. The van der Waals surface area contributed by atoms with Gasteiger partial charge in [0.15, 0.2) is 0 Å². The van der Waals surface area contributed by atoms with E-state index in [9.17, 15) is 8.42 Å². The van der Waals surface area contributed by atoms with Gasteiger partial charge in [-0.2, -0.15) is 4.31 Å². The molecule has 1 fully saturated rings. The number of sulfonamides is 1. The van der Waals surface area contributed by atoms with Gasteiger partial charge in [0.2, 0.25) is 10.0 Å². The van der Waals surface area contributed by atoms with Crippen LogP contribution >= 0.6 is 15.9 Å². The van der Waals surface area contributed by atoms with Crippen LogP contribution in [0.15, 0.2) is 39.7 Å². The van der Waals surface area contributed by atoms with E-state index < -0.39 is 10.0 Å². The van der Waals surface area contributed by atoms with Crippen molar-refractivity contribution < 1.29 is 8.42 Å². The van der Waals surface area contributed by atoms with E-state index in [1.807, 2.05) is 24.3 Å². The molecule has 0 radical (unpaired) electrons. The molecule has 1 N–H and O–H groups in total. The van der Waals surface area contributed by atoms with Crippen LogP contribution in [0.4, 0.5) is 0 Å². The van der Waals surface area contributed by atoms with E-state index in [4.69, 9.17) is 0 Å². The van der Waals surface area contributed by atoms with Crippen molar-refractivity contribution in [3.63, 3.8) is 0 Å². The van der Waals surface area contributed by atoms with Crippen LogP contribution in [0.5, 0.6) is 0 Å². The maximum absolute atomic E-state index is 12.8. The van der Waals surface area contributed by atoms with E-state index in [-0.39, 0.29) is 0 Å². The molecule has 0 atom stereocenters. The van der Waals surface area contributed by atoms with Gasteiger partial charge in [-0.1, -0.05) is 18.2 Å². The van der Waals surface area contributed by atoms with E-state index in [1.54, 1.807) is 6.07 Å². The zero-order valence-corrected chi connectivity index (χ0v) is 14.2. The molecule has 3 rings (SSSR count). The monoisotopic (exact) mass is 370 g/mol. The molecule has 1 aliphatic carbocycles. The van der Waals surface area contributed by atoms with E-state index in [0.717, 1.165) is 18.5 Å². The van der Waals surface area contributed by atoms with Crippen molar-refractivity contribution in [3.8, 4) is 0 Å². The largest absolute Gasteiger partial charge is 0.310 e. The van der Waals surface area contributed by atoms with Crippen LogP contribution in [0.1, 0.15) is 24.8 Å². The van der Waals surface area contributed by atoms with Gasteiger partial charge in [-0.15, -0.1) is 0 Å². The van der Waals surface area contributed by atoms with E-state index in [0.29, 0.717) is 28.5 Å². The maximum Gasteiger partial charge on any atom is 0.244 e. The van der Waals surface area contributed by atoms with Crippen LogP contribution in [-0.4, -0.2) is 31.9 Å². The van der Waals surface area contributed by atoms with Crippen LogP contribution in [0.2, 0.25) is 0 Å². The Hall–Kier alpha value is -0.690. The molecule has 0 spiro atoms. The maximum atomic E-state index is 12.8. The van der Waals surface area contributed by atoms with Gasteiger partial charge in [0, 0.05) is 30.1 Å². The fourth-order valence-corrected chi connectivity index (χ4v) is 4.76. The van der Waals surface area contributed by atoms with Crippen molar-refractivity contribution in [3.05, 3.63) is 40.4 Å².